The van der Waals surface area contributed by atoms with Crippen LogP contribution in [0.2, 0.25) is 0 Å². The first-order chi connectivity index (χ1) is 13.8. The molecule has 0 atom stereocenters. The molecule has 0 aliphatic heterocycles. The number of hydrogen-bond acceptors (Lipinski definition) is 6. The third-order valence-electron chi connectivity index (χ3n) is 4.31. The van der Waals surface area contributed by atoms with Crippen LogP contribution < -0.4 is 10.5 Å². The van der Waals surface area contributed by atoms with E-state index in [2.05, 4.69) is 31.8 Å². The molecule has 2 aromatic carbocycles. The normalized spacial score (nSPS) is 11.0. The minimum absolute atomic E-state index is 0.302. The first-order valence-corrected chi connectivity index (χ1v) is 9.41. The topological polar surface area (TPSA) is 81.0 Å². The largest absolute Gasteiger partial charge is 0.460 e. The second-order valence-electron chi connectivity index (χ2n) is 6.06. The maximum absolute atomic E-state index is 11.2. The lowest BCUT2D eigenvalue weighted by atomic mass is 10.1. The van der Waals surface area contributed by atoms with Crippen molar-refractivity contribution in [2.75, 3.05) is 0 Å². The summed E-state index contributed by atoms with van der Waals surface area (Å²) in [5.41, 5.74) is 2.83. The van der Waals surface area contributed by atoms with Gasteiger partial charge in [-0.2, -0.15) is 10.1 Å². The molecule has 0 radical (unpaired) electrons. The molecule has 3 heterocycles. The van der Waals surface area contributed by atoms with E-state index in [1.54, 1.807) is 6.20 Å². The van der Waals surface area contributed by atoms with Gasteiger partial charge in [0, 0.05) is 5.39 Å². The van der Waals surface area contributed by atoms with E-state index >= 15 is 0 Å². The molecule has 5 rings (SSSR count). The molecule has 1 N–H and O–H groups in total. The van der Waals surface area contributed by atoms with E-state index in [-0.39, 0.29) is 0 Å². The molecule has 0 amide bonds. The summed E-state index contributed by atoms with van der Waals surface area (Å²) >= 11 is 1.50. The lowest BCUT2D eigenvalue weighted by Crippen LogP contribution is -1.96. The van der Waals surface area contributed by atoms with Gasteiger partial charge in [-0.15, -0.1) is 11.3 Å². The average Bonchev–Trinajstić information content (AvgIpc) is 3.39. The van der Waals surface area contributed by atoms with Crippen molar-refractivity contribution in [3.8, 4) is 34.1 Å². The third-order valence-corrected chi connectivity index (χ3v) is 5.23. The first kappa shape index (κ1) is 16.5. The van der Waals surface area contributed by atoms with Crippen LogP contribution in [0.3, 0.4) is 0 Å². The Kier molecular flexibility index (Phi) is 3.99. The second-order valence-corrected chi connectivity index (χ2v) is 6.97. The fourth-order valence-corrected chi connectivity index (χ4v) is 3.89. The number of aromatic nitrogens is 3. The van der Waals surface area contributed by atoms with E-state index in [4.69, 9.17) is 4.74 Å². The SMILES string of the molecule is O=c1nc(-c2ncc(Oc3ccc(-c4ccccc4)cc3)c3ccsc23)[nH]o1. The Hall–Kier alpha value is -3.71. The zero-order valence-electron chi connectivity index (χ0n) is 14.5. The molecular formula is C21H13N3O3S. The number of aromatic amines is 1. The number of nitrogens with zero attached hydrogens (tertiary/aromatic N) is 2. The average molecular weight is 387 g/mol. The molecule has 28 heavy (non-hydrogen) atoms. The third kappa shape index (κ3) is 2.97. The number of rotatable bonds is 4. The molecule has 0 fully saturated rings. The molecule has 7 heteroatoms. The molecule has 0 aliphatic carbocycles. The first-order valence-electron chi connectivity index (χ1n) is 8.53. The van der Waals surface area contributed by atoms with Gasteiger partial charge in [0.25, 0.3) is 0 Å². The smallest absolute Gasteiger partial charge is 0.455 e. The summed E-state index contributed by atoms with van der Waals surface area (Å²) in [6.45, 7) is 0. The van der Waals surface area contributed by atoms with Crippen molar-refractivity contribution in [2.45, 2.75) is 0 Å². The predicted octanol–water partition coefficient (Wildman–Crippen LogP) is 5.10. The van der Waals surface area contributed by atoms with Gasteiger partial charge in [-0.3, -0.25) is 0 Å². The number of hydrogen-bond donors (Lipinski definition) is 1. The Bertz CT molecular complexity index is 1300. The van der Waals surface area contributed by atoms with Gasteiger partial charge < -0.3 is 9.26 Å². The summed E-state index contributed by atoms with van der Waals surface area (Å²) in [7, 11) is 0. The molecule has 3 aromatic heterocycles. The Morgan fingerprint density at radius 1 is 0.964 bits per heavy atom. The van der Waals surface area contributed by atoms with Crippen LogP contribution in [0, 0.1) is 0 Å². The van der Waals surface area contributed by atoms with Crippen molar-refractivity contribution < 1.29 is 9.26 Å². The fraction of sp³-hybridized carbons (Fsp3) is 0. The number of benzene rings is 2. The number of fused-ring (bicyclic) bond motifs is 1. The van der Waals surface area contributed by atoms with Crippen LogP contribution in [0.25, 0.3) is 32.7 Å². The van der Waals surface area contributed by atoms with Crippen molar-refractivity contribution in [3.05, 3.63) is 82.8 Å². The zero-order chi connectivity index (χ0) is 18.9. The van der Waals surface area contributed by atoms with Gasteiger partial charge in [-0.05, 0) is 34.7 Å². The zero-order valence-corrected chi connectivity index (χ0v) is 15.3. The molecule has 0 saturated heterocycles. The van der Waals surface area contributed by atoms with E-state index in [1.165, 1.54) is 11.3 Å². The maximum atomic E-state index is 11.2. The Morgan fingerprint density at radius 2 is 1.75 bits per heavy atom. The van der Waals surface area contributed by atoms with Crippen LogP contribution in [-0.4, -0.2) is 15.1 Å². The van der Waals surface area contributed by atoms with Crippen LogP contribution in [0.1, 0.15) is 0 Å². The highest BCUT2D eigenvalue weighted by Gasteiger charge is 2.15. The van der Waals surface area contributed by atoms with Gasteiger partial charge >= 0.3 is 5.76 Å². The lowest BCUT2D eigenvalue weighted by molar-refractivity contribution is 0.388. The van der Waals surface area contributed by atoms with E-state index < -0.39 is 5.76 Å². The summed E-state index contributed by atoms with van der Waals surface area (Å²) < 4.78 is 11.6. The molecule has 0 saturated carbocycles. The van der Waals surface area contributed by atoms with Crippen molar-refractivity contribution in [1.29, 1.82) is 0 Å². The van der Waals surface area contributed by atoms with Gasteiger partial charge in [0.1, 0.15) is 11.4 Å². The van der Waals surface area contributed by atoms with Gasteiger partial charge in [-0.25, -0.2) is 9.78 Å². The fourth-order valence-electron chi connectivity index (χ4n) is 2.99. The van der Waals surface area contributed by atoms with Crippen molar-refractivity contribution in [3.63, 3.8) is 0 Å². The molecule has 136 valence electrons. The van der Waals surface area contributed by atoms with E-state index in [1.807, 2.05) is 53.9 Å². The Balaban J connectivity index is 1.47. The predicted molar refractivity (Wildman–Crippen MR) is 108 cm³/mol. The number of H-pyrrole nitrogens is 1. The summed E-state index contributed by atoms with van der Waals surface area (Å²) in [4.78, 5) is 19.4. The minimum atomic E-state index is -0.680. The molecule has 0 unspecified atom stereocenters. The maximum Gasteiger partial charge on any atom is 0.460 e. The molecule has 6 nitrogen and oxygen atoms in total. The minimum Gasteiger partial charge on any atom is -0.455 e. The number of thiophene rings is 1. The van der Waals surface area contributed by atoms with Crippen molar-refractivity contribution in [2.24, 2.45) is 0 Å². The summed E-state index contributed by atoms with van der Waals surface area (Å²) in [5, 5.41) is 5.34. The Labute approximate surface area is 163 Å². The van der Waals surface area contributed by atoms with Gasteiger partial charge in [0.05, 0.1) is 10.9 Å². The highest BCUT2D eigenvalue weighted by atomic mass is 32.1. The monoisotopic (exact) mass is 387 g/mol. The van der Waals surface area contributed by atoms with Crippen LogP contribution in [0.15, 0.2) is 81.6 Å². The summed E-state index contributed by atoms with van der Waals surface area (Å²) in [6, 6.07) is 20.0. The van der Waals surface area contributed by atoms with Crippen LogP contribution in [-0.2, 0) is 0 Å². The highest BCUT2D eigenvalue weighted by molar-refractivity contribution is 7.17. The summed E-state index contributed by atoms with van der Waals surface area (Å²) in [6.07, 6.45) is 1.63. The standard InChI is InChI=1S/C21H13N3O3S/c25-21-23-20(24-27-21)18-19-16(10-11-28-19)17(12-22-18)26-15-8-6-14(7-9-15)13-4-2-1-3-5-13/h1-12H,(H,23,24,25). The van der Waals surface area contributed by atoms with Crippen LogP contribution >= 0.6 is 11.3 Å². The van der Waals surface area contributed by atoms with Crippen LogP contribution in [0.5, 0.6) is 11.5 Å². The van der Waals surface area contributed by atoms with Crippen molar-refractivity contribution >= 4 is 21.4 Å². The van der Waals surface area contributed by atoms with Gasteiger partial charge in [0.2, 0.25) is 0 Å². The van der Waals surface area contributed by atoms with E-state index in [0.29, 0.717) is 17.3 Å². The number of ether oxygens (including phenoxy) is 1. The van der Waals surface area contributed by atoms with Crippen molar-refractivity contribution in [1.82, 2.24) is 15.1 Å². The quantitative estimate of drug-likeness (QED) is 0.464. The van der Waals surface area contributed by atoms with Gasteiger partial charge in [0.15, 0.2) is 11.6 Å². The molecule has 0 spiro atoms. The lowest BCUT2D eigenvalue weighted by Gasteiger charge is -2.09. The Morgan fingerprint density at radius 3 is 2.50 bits per heavy atom. The van der Waals surface area contributed by atoms with E-state index in [9.17, 15) is 4.79 Å². The van der Waals surface area contributed by atoms with Crippen LogP contribution in [0.4, 0.5) is 0 Å². The second kappa shape index (κ2) is 6.79. The molecule has 0 aliphatic rings. The summed E-state index contributed by atoms with van der Waals surface area (Å²) in [5.74, 6) is 0.978. The molecule has 5 aromatic rings. The van der Waals surface area contributed by atoms with E-state index in [0.717, 1.165) is 27.0 Å². The molecular weight excluding hydrogens is 374 g/mol. The van der Waals surface area contributed by atoms with Gasteiger partial charge in [-0.1, -0.05) is 42.5 Å². The number of pyridine rings is 1. The highest BCUT2D eigenvalue weighted by Crippen LogP contribution is 2.37. The molecule has 0 bridgehead atoms. The number of nitrogens with one attached hydrogen (secondary N) is 1.